The summed E-state index contributed by atoms with van der Waals surface area (Å²) in [5.74, 6) is 0. The SMILES string of the molecule is B(O/C=C/c1ccccc1)O/C=C/c1ccccc1. The molecule has 0 aromatic heterocycles. The van der Waals surface area contributed by atoms with Crippen LogP contribution in [0.5, 0.6) is 0 Å². The number of benzene rings is 2. The van der Waals surface area contributed by atoms with Crippen LogP contribution in [0.4, 0.5) is 0 Å². The molecule has 2 nitrogen and oxygen atoms in total. The van der Waals surface area contributed by atoms with E-state index < -0.39 is 0 Å². The van der Waals surface area contributed by atoms with Gasteiger partial charge in [-0.1, -0.05) is 60.7 Å². The lowest BCUT2D eigenvalue weighted by Crippen LogP contribution is -1.93. The molecular weight excluding hydrogens is 235 g/mol. The molecule has 0 aliphatic heterocycles. The Morgan fingerprint density at radius 2 is 1.05 bits per heavy atom. The fourth-order valence-electron chi connectivity index (χ4n) is 1.50. The van der Waals surface area contributed by atoms with Crippen molar-refractivity contribution >= 4 is 19.8 Å². The first-order valence-electron chi connectivity index (χ1n) is 6.11. The largest absolute Gasteiger partial charge is 0.575 e. The van der Waals surface area contributed by atoms with Gasteiger partial charge in [-0.15, -0.1) is 0 Å². The Bertz CT molecular complexity index is 471. The third-order valence-electron chi connectivity index (χ3n) is 2.45. The second-order valence-electron chi connectivity index (χ2n) is 3.88. The summed E-state index contributed by atoms with van der Waals surface area (Å²) in [5, 5.41) is 0. The van der Waals surface area contributed by atoms with Gasteiger partial charge in [-0.25, -0.2) is 0 Å². The zero-order valence-electron chi connectivity index (χ0n) is 10.6. The Balaban J connectivity index is 1.65. The van der Waals surface area contributed by atoms with Gasteiger partial charge in [0.2, 0.25) is 0 Å². The van der Waals surface area contributed by atoms with Gasteiger partial charge in [-0.2, -0.15) is 0 Å². The van der Waals surface area contributed by atoms with Crippen molar-refractivity contribution in [2.75, 3.05) is 0 Å². The van der Waals surface area contributed by atoms with E-state index in [0.29, 0.717) is 0 Å². The van der Waals surface area contributed by atoms with Crippen LogP contribution in [0, 0.1) is 0 Å². The smallest absolute Gasteiger partial charge is 0.535 e. The van der Waals surface area contributed by atoms with Crippen molar-refractivity contribution in [3.63, 3.8) is 0 Å². The molecule has 0 amide bonds. The molecule has 3 heteroatoms. The molecule has 0 unspecified atom stereocenters. The molecule has 0 saturated carbocycles. The predicted molar refractivity (Wildman–Crippen MR) is 80.3 cm³/mol. The van der Waals surface area contributed by atoms with Crippen LogP contribution in [-0.4, -0.2) is 7.69 Å². The summed E-state index contributed by atoms with van der Waals surface area (Å²) < 4.78 is 10.4. The molecule has 0 bridgehead atoms. The van der Waals surface area contributed by atoms with Gasteiger partial charge in [0, 0.05) is 0 Å². The quantitative estimate of drug-likeness (QED) is 0.442. The van der Waals surface area contributed by atoms with E-state index in [1.807, 2.05) is 72.8 Å². The van der Waals surface area contributed by atoms with E-state index in [0.717, 1.165) is 11.1 Å². The molecule has 0 saturated heterocycles. The van der Waals surface area contributed by atoms with E-state index in [1.165, 1.54) is 0 Å². The topological polar surface area (TPSA) is 18.5 Å². The molecule has 0 atom stereocenters. The van der Waals surface area contributed by atoms with Crippen LogP contribution in [0.25, 0.3) is 12.2 Å². The Kier molecular flexibility index (Phi) is 5.36. The van der Waals surface area contributed by atoms with Crippen molar-refractivity contribution in [2.24, 2.45) is 0 Å². The first-order valence-corrected chi connectivity index (χ1v) is 6.11. The van der Waals surface area contributed by atoms with E-state index in [9.17, 15) is 0 Å². The summed E-state index contributed by atoms with van der Waals surface area (Å²) in [6.45, 7) is 0. The maximum absolute atomic E-state index is 5.22. The van der Waals surface area contributed by atoms with Crippen molar-refractivity contribution in [2.45, 2.75) is 0 Å². The molecule has 0 aliphatic rings. The van der Waals surface area contributed by atoms with Gasteiger partial charge in [-0.05, 0) is 23.3 Å². The highest BCUT2D eigenvalue weighted by Crippen LogP contribution is 2.02. The first kappa shape index (κ1) is 13.0. The Hall–Kier alpha value is -2.42. The lowest BCUT2D eigenvalue weighted by Gasteiger charge is -1.98. The Labute approximate surface area is 114 Å². The highest BCUT2D eigenvalue weighted by molar-refractivity contribution is 6.18. The summed E-state index contributed by atoms with van der Waals surface area (Å²) in [4.78, 5) is 0. The zero-order valence-corrected chi connectivity index (χ0v) is 10.6. The normalized spacial score (nSPS) is 10.7. The van der Waals surface area contributed by atoms with Crippen LogP contribution in [-0.2, 0) is 9.31 Å². The maximum atomic E-state index is 5.22. The second-order valence-corrected chi connectivity index (χ2v) is 3.88. The van der Waals surface area contributed by atoms with Gasteiger partial charge in [0.1, 0.15) is 0 Å². The van der Waals surface area contributed by atoms with E-state index in [1.54, 1.807) is 12.5 Å². The number of rotatable bonds is 6. The molecule has 0 N–H and O–H groups in total. The van der Waals surface area contributed by atoms with Crippen molar-refractivity contribution in [3.05, 3.63) is 84.3 Å². The second kappa shape index (κ2) is 7.82. The lowest BCUT2D eigenvalue weighted by molar-refractivity contribution is 0.380. The van der Waals surface area contributed by atoms with Crippen LogP contribution in [0.2, 0.25) is 0 Å². The molecule has 2 aromatic carbocycles. The standard InChI is InChI=1S/C16H15BO2/c1-3-7-15(8-4-1)11-13-18-17-19-14-12-16-9-5-2-6-10-16/h1-14,17H/b13-11+,14-12+. The Morgan fingerprint density at radius 1 is 0.632 bits per heavy atom. The minimum absolute atomic E-state index is 0.201. The monoisotopic (exact) mass is 250 g/mol. The van der Waals surface area contributed by atoms with Crippen molar-refractivity contribution in [1.82, 2.24) is 0 Å². The van der Waals surface area contributed by atoms with E-state index >= 15 is 0 Å². The molecule has 94 valence electrons. The molecule has 0 heterocycles. The molecule has 19 heavy (non-hydrogen) atoms. The fourth-order valence-corrected chi connectivity index (χ4v) is 1.50. The molecule has 0 fully saturated rings. The number of hydrogen-bond acceptors (Lipinski definition) is 2. The zero-order chi connectivity index (χ0) is 13.2. The molecule has 0 aliphatic carbocycles. The number of hydrogen-bond donors (Lipinski definition) is 0. The molecule has 2 rings (SSSR count). The van der Waals surface area contributed by atoms with Crippen molar-refractivity contribution in [1.29, 1.82) is 0 Å². The van der Waals surface area contributed by atoms with E-state index in [-0.39, 0.29) is 7.69 Å². The van der Waals surface area contributed by atoms with E-state index in [4.69, 9.17) is 9.31 Å². The van der Waals surface area contributed by atoms with Crippen LogP contribution in [0.3, 0.4) is 0 Å². The van der Waals surface area contributed by atoms with Crippen LogP contribution in [0.15, 0.2) is 73.2 Å². The first-order chi connectivity index (χ1) is 9.45. The highest BCUT2D eigenvalue weighted by atomic mass is 16.6. The molecule has 0 radical (unpaired) electrons. The van der Waals surface area contributed by atoms with Gasteiger partial charge in [-0.3, -0.25) is 0 Å². The van der Waals surface area contributed by atoms with Gasteiger partial charge in [0.15, 0.2) is 0 Å². The van der Waals surface area contributed by atoms with Crippen molar-refractivity contribution in [3.8, 4) is 0 Å². The molecule has 2 aromatic rings. The third-order valence-corrected chi connectivity index (χ3v) is 2.45. The van der Waals surface area contributed by atoms with Crippen LogP contribution < -0.4 is 0 Å². The summed E-state index contributed by atoms with van der Waals surface area (Å²) in [6, 6.07) is 19.9. The summed E-state index contributed by atoms with van der Waals surface area (Å²) in [7, 11) is 0.201. The summed E-state index contributed by atoms with van der Waals surface area (Å²) >= 11 is 0. The Morgan fingerprint density at radius 3 is 1.47 bits per heavy atom. The lowest BCUT2D eigenvalue weighted by atomic mass is 10.2. The minimum atomic E-state index is 0.201. The fraction of sp³-hybridized carbons (Fsp3) is 0. The summed E-state index contributed by atoms with van der Waals surface area (Å²) in [5.41, 5.74) is 2.20. The van der Waals surface area contributed by atoms with E-state index in [2.05, 4.69) is 0 Å². The highest BCUT2D eigenvalue weighted by Gasteiger charge is 1.88. The average molecular weight is 250 g/mol. The van der Waals surface area contributed by atoms with Crippen LogP contribution >= 0.6 is 0 Å². The van der Waals surface area contributed by atoms with Crippen molar-refractivity contribution < 1.29 is 9.31 Å². The van der Waals surface area contributed by atoms with Gasteiger partial charge >= 0.3 is 7.69 Å². The van der Waals surface area contributed by atoms with Gasteiger partial charge in [0.25, 0.3) is 0 Å². The third kappa shape index (κ3) is 5.17. The molecular formula is C16H15BO2. The predicted octanol–water partition coefficient (Wildman–Crippen LogP) is 3.63. The average Bonchev–Trinajstić information content (AvgIpc) is 2.48. The van der Waals surface area contributed by atoms with Gasteiger partial charge < -0.3 is 9.31 Å². The summed E-state index contributed by atoms with van der Waals surface area (Å²) in [6.07, 6.45) is 7.05. The van der Waals surface area contributed by atoms with Crippen LogP contribution in [0.1, 0.15) is 11.1 Å². The maximum Gasteiger partial charge on any atom is 0.575 e. The van der Waals surface area contributed by atoms with Gasteiger partial charge in [0.05, 0.1) is 12.5 Å². The molecule has 0 spiro atoms. The minimum Gasteiger partial charge on any atom is -0.535 e.